The normalized spacial score (nSPS) is 12.3. The van der Waals surface area contributed by atoms with E-state index in [1.807, 2.05) is 78.6 Å². The predicted octanol–water partition coefficient (Wildman–Crippen LogP) is 7.17. The fourth-order valence-electron chi connectivity index (χ4n) is 6.11. The number of hydrogen-bond donors (Lipinski definition) is 2. The van der Waals surface area contributed by atoms with Gasteiger partial charge in [0.2, 0.25) is 5.36 Å². The molecular formula is C38H35N2O6S+. The quantitative estimate of drug-likeness (QED) is 0.0922. The van der Waals surface area contributed by atoms with E-state index in [0.29, 0.717) is 35.6 Å². The topological polar surface area (TPSA) is 111 Å². The van der Waals surface area contributed by atoms with Gasteiger partial charge in [-0.15, -0.1) is 0 Å². The third-order valence-electron chi connectivity index (χ3n) is 8.44. The van der Waals surface area contributed by atoms with Gasteiger partial charge in [-0.05, 0) is 55.3 Å². The molecule has 4 aromatic rings. The van der Waals surface area contributed by atoms with Gasteiger partial charge >= 0.3 is 5.97 Å². The maximum atomic E-state index is 12.4. The summed E-state index contributed by atoms with van der Waals surface area (Å²) in [5.41, 5.74) is 5.28. The van der Waals surface area contributed by atoms with Crippen LogP contribution in [0, 0.1) is 0 Å². The van der Waals surface area contributed by atoms with Crippen molar-refractivity contribution in [3.8, 4) is 22.5 Å². The second kappa shape index (κ2) is 13.2. The Morgan fingerprint density at radius 2 is 1.55 bits per heavy atom. The molecule has 0 bridgehead atoms. The molecule has 0 aromatic heterocycles. The SMILES string of the molecule is CCN(Cc1ccccc1S(=O)(=O)O)c1ccc2c(-c3ccccc3C(=O)O)c3ccc(=[N+](CC)Cc4ccccc4)cc-3oc2c1. The minimum atomic E-state index is -4.41. The molecule has 2 N–H and O–H groups in total. The van der Waals surface area contributed by atoms with Crippen LogP contribution in [0.4, 0.5) is 5.69 Å². The summed E-state index contributed by atoms with van der Waals surface area (Å²) in [5, 5.41) is 11.8. The van der Waals surface area contributed by atoms with Crippen molar-refractivity contribution in [3.05, 3.63) is 137 Å². The molecule has 0 unspecified atom stereocenters. The summed E-state index contributed by atoms with van der Waals surface area (Å²) in [5.74, 6) is -0.417. The maximum Gasteiger partial charge on any atom is 0.336 e. The van der Waals surface area contributed by atoms with E-state index in [2.05, 4.69) is 23.6 Å². The lowest BCUT2D eigenvalue weighted by molar-refractivity contribution is 0.0697. The Kier molecular flexibility index (Phi) is 8.93. The second-order valence-corrected chi connectivity index (χ2v) is 12.7. The molecule has 0 amide bonds. The Morgan fingerprint density at radius 3 is 2.28 bits per heavy atom. The summed E-state index contributed by atoms with van der Waals surface area (Å²) in [6.07, 6.45) is 0. The molecule has 0 saturated carbocycles. The van der Waals surface area contributed by atoms with Crippen molar-refractivity contribution >= 4 is 32.7 Å². The van der Waals surface area contributed by atoms with Gasteiger partial charge in [0, 0.05) is 53.0 Å². The fraction of sp³-hybridized carbons (Fsp3) is 0.158. The largest absolute Gasteiger partial charge is 0.478 e. The number of aromatic carboxylic acids is 1. The highest BCUT2D eigenvalue weighted by atomic mass is 32.2. The number of carbonyl (C=O) groups is 1. The summed E-state index contributed by atoms with van der Waals surface area (Å²) in [4.78, 5) is 14.2. The van der Waals surface area contributed by atoms with Gasteiger partial charge in [0.1, 0.15) is 17.9 Å². The third kappa shape index (κ3) is 6.54. The number of anilines is 1. The lowest BCUT2D eigenvalue weighted by Crippen LogP contribution is -2.29. The summed E-state index contributed by atoms with van der Waals surface area (Å²) < 4.78 is 42.9. The average Bonchev–Trinajstić information content (AvgIpc) is 3.08. The zero-order valence-electron chi connectivity index (χ0n) is 26.1. The summed E-state index contributed by atoms with van der Waals surface area (Å²) in [7, 11) is -4.41. The minimum absolute atomic E-state index is 0.133. The van der Waals surface area contributed by atoms with Gasteiger partial charge in [-0.2, -0.15) is 8.42 Å². The van der Waals surface area contributed by atoms with Crippen LogP contribution in [0.3, 0.4) is 0 Å². The monoisotopic (exact) mass is 647 g/mol. The molecule has 1 aliphatic heterocycles. The van der Waals surface area contributed by atoms with Crippen LogP contribution in [0.25, 0.3) is 33.4 Å². The zero-order valence-corrected chi connectivity index (χ0v) is 26.9. The van der Waals surface area contributed by atoms with Crippen LogP contribution in [0.15, 0.2) is 125 Å². The standard InChI is InChI=1S/C38H34N2O6S/c1-3-39(24-26-12-6-5-7-13-26)28-18-20-32-34(22-28)46-35-23-29(40(4-2)25-27-14-8-11-17-36(27)47(43,44)45)19-21-33(35)37(32)30-15-9-10-16-31(30)38(41)42/h5-23H,3-4,24-25H2,1-2H3,(H-,41,42,43,44,45)/p+1. The molecule has 0 fully saturated rings. The third-order valence-corrected chi connectivity index (χ3v) is 9.39. The summed E-state index contributed by atoms with van der Waals surface area (Å²) >= 11 is 0. The lowest BCUT2D eigenvalue weighted by atomic mass is 9.90. The molecule has 0 radical (unpaired) electrons. The smallest absolute Gasteiger partial charge is 0.336 e. The van der Waals surface area contributed by atoms with Gasteiger partial charge in [0.25, 0.3) is 10.1 Å². The molecule has 47 heavy (non-hydrogen) atoms. The number of hydrogen-bond acceptors (Lipinski definition) is 5. The highest BCUT2D eigenvalue weighted by Gasteiger charge is 2.23. The molecule has 0 spiro atoms. The van der Waals surface area contributed by atoms with Crippen molar-refractivity contribution in [1.82, 2.24) is 4.58 Å². The molecule has 4 aromatic carbocycles. The Bertz CT molecular complexity index is 2240. The van der Waals surface area contributed by atoms with E-state index in [-0.39, 0.29) is 17.0 Å². The molecule has 8 nitrogen and oxygen atoms in total. The van der Waals surface area contributed by atoms with Gasteiger partial charge in [-0.25, -0.2) is 9.37 Å². The van der Waals surface area contributed by atoms with E-state index in [1.54, 1.807) is 30.3 Å². The second-order valence-electron chi connectivity index (χ2n) is 11.3. The Hall–Kier alpha value is -5.25. The number of benzene rings is 5. The van der Waals surface area contributed by atoms with E-state index in [1.165, 1.54) is 11.6 Å². The van der Waals surface area contributed by atoms with E-state index < -0.39 is 16.1 Å². The first-order valence-corrected chi connectivity index (χ1v) is 16.9. The van der Waals surface area contributed by atoms with Gasteiger partial charge in [-0.3, -0.25) is 4.55 Å². The predicted molar refractivity (Wildman–Crippen MR) is 184 cm³/mol. The molecule has 0 saturated heterocycles. The van der Waals surface area contributed by atoms with Crippen molar-refractivity contribution in [3.63, 3.8) is 0 Å². The van der Waals surface area contributed by atoms with Crippen molar-refractivity contribution in [1.29, 1.82) is 0 Å². The van der Waals surface area contributed by atoms with Crippen LogP contribution in [0.2, 0.25) is 0 Å². The first-order chi connectivity index (χ1) is 22.7. The number of carboxylic acid groups (broad SMARTS) is 1. The zero-order chi connectivity index (χ0) is 33.1. The summed E-state index contributed by atoms with van der Waals surface area (Å²) in [6, 6.07) is 35.4. The Balaban J connectivity index is 1.56. The van der Waals surface area contributed by atoms with Crippen molar-refractivity contribution in [2.75, 3.05) is 18.0 Å². The van der Waals surface area contributed by atoms with Gasteiger partial charge in [-0.1, -0.05) is 66.7 Å². The number of nitrogens with zero attached hydrogens (tertiary/aromatic N) is 2. The van der Waals surface area contributed by atoms with Crippen LogP contribution in [0.5, 0.6) is 0 Å². The maximum absolute atomic E-state index is 12.4. The highest BCUT2D eigenvalue weighted by molar-refractivity contribution is 7.85. The van der Waals surface area contributed by atoms with Crippen molar-refractivity contribution in [2.45, 2.75) is 31.8 Å². The van der Waals surface area contributed by atoms with Crippen LogP contribution >= 0.6 is 0 Å². The van der Waals surface area contributed by atoms with Crippen LogP contribution < -0.4 is 14.8 Å². The van der Waals surface area contributed by atoms with Crippen LogP contribution in [-0.2, 0) is 23.2 Å². The van der Waals surface area contributed by atoms with E-state index >= 15 is 0 Å². The molecular weight excluding hydrogens is 612 g/mol. The molecule has 0 atom stereocenters. The Morgan fingerprint density at radius 1 is 0.830 bits per heavy atom. The highest BCUT2D eigenvalue weighted by Crippen LogP contribution is 2.42. The number of carboxylic acids is 1. The first-order valence-electron chi connectivity index (χ1n) is 15.4. The summed E-state index contributed by atoms with van der Waals surface area (Å²) in [6.45, 7) is 6.32. The molecule has 238 valence electrons. The number of fused-ring (bicyclic) bond motifs is 2. The fourth-order valence-corrected chi connectivity index (χ4v) is 6.82. The lowest BCUT2D eigenvalue weighted by Gasteiger charge is -2.25. The number of rotatable bonds is 10. The van der Waals surface area contributed by atoms with Gasteiger partial charge in [0.15, 0.2) is 6.54 Å². The van der Waals surface area contributed by atoms with E-state index in [4.69, 9.17) is 4.42 Å². The van der Waals surface area contributed by atoms with Crippen LogP contribution in [0.1, 0.15) is 35.3 Å². The van der Waals surface area contributed by atoms with E-state index in [9.17, 15) is 22.9 Å². The molecule has 2 aliphatic rings. The van der Waals surface area contributed by atoms with Crippen molar-refractivity contribution < 1.29 is 27.3 Å². The molecule has 1 aliphatic carbocycles. The molecule has 6 rings (SSSR count). The molecule has 9 heteroatoms. The van der Waals surface area contributed by atoms with Crippen LogP contribution in [-0.4, -0.2) is 37.1 Å². The Labute approximate surface area is 273 Å². The van der Waals surface area contributed by atoms with E-state index in [0.717, 1.165) is 34.1 Å². The average molecular weight is 648 g/mol. The van der Waals surface area contributed by atoms with Gasteiger partial charge < -0.3 is 14.4 Å². The minimum Gasteiger partial charge on any atom is -0.478 e. The first kappa shape index (κ1) is 31.7. The molecule has 1 heterocycles. The van der Waals surface area contributed by atoms with Gasteiger partial charge in [0.05, 0.1) is 16.5 Å². The van der Waals surface area contributed by atoms with Crippen molar-refractivity contribution in [2.24, 2.45) is 0 Å².